The van der Waals surface area contributed by atoms with E-state index in [2.05, 4.69) is 54.1 Å². The summed E-state index contributed by atoms with van der Waals surface area (Å²) in [6, 6.07) is 9.06. The molecule has 1 fully saturated rings. The van der Waals surface area contributed by atoms with Crippen LogP contribution in [0.25, 0.3) is 0 Å². The van der Waals surface area contributed by atoms with E-state index in [1.807, 2.05) is 6.07 Å². The smallest absolute Gasteiger partial charge is 0.193 e. The van der Waals surface area contributed by atoms with E-state index in [9.17, 15) is 0 Å². The number of aliphatic imine (C=N–C) groups is 1. The second-order valence-electron chi connectivity index (χ2n) is 7.18. The summed E-state index contributed by atoms with van der Waals surface area (Å²) in [4.78, 5) is 10.0. The van der Waals surface area contributed by atoms with Gasteiger partial charge in [0.15, 0.2) is 5.96 Å². The zero-order valence-corrected chi connectivity index (χ0v) is 16.6. The summed E-state index contributed by atoms with van der Waals surface area (Å²) in [5.74, 6) is 2.56. The maximum Gasteiger partial charge on any atom is 0.193 e. The zero-order chi connectivity index (χ0) is 18.4. The molecule has 5 heteroatoms. The molecule has 2 heterocycles. The molecule has 2 aliphatic heterocycles. The highest BCUT2D eigenvalue weighted by atomic mass is 16.5. The molecular formula is C21H34N4O. The van der Waals surface area contributed by atoms with Crippen molar-refractivity contribution >= 4 is 5.96 Å². The Morgan fingerprint density at radius 3 is 2.81 bits per heavy atom. The van der Waals surface area contributed by atoms with Crippen LogP contribution in [0.2, 0.25) is 0 Å². The summed E-state index contributed by atoms with van der Waals surface area (Å²) in [5, 5.41) is 3.51. The van der Waals surface area contributed by atoms with Crippen LogP contribution in [0.1, 0.15) is 45.1 Å². The topological polar surface area (TPSA) is 40.1 Å². The van der Waals surface area contributed by atoms with Crippen LogP contribution in [0.4, 0.5) is 0 Å². The Morgan fingerprint density at radius 2 is 2.04 bits per heavy atom. The number of rotatable bonds is 6. The van der Waals surface area contributed by atoms with E-state index in [1.165, 1.54) is 12.0 Å². The molecule has 1 aromatic rings. The van der Waals surface area contributed by atoms with E-state index in [-0.39, 0.29) is 0 Å². The first kappa shape index (κ1) is 19.0. The van der Waals surface area contributed by atoms with E-state index in [4.69, 9.17) is 9.73 Å². The number of hydrogen-bond acceptors (Lipinski definition) is 3. The van der Waals surface area contributed by atoms with Crippen molar-refractivity contribution in [1.29, 1.82) is 0 Å². The van der Waals surface area contributed by atoms with Crippen molar-refractivity contribution < 1.29 is 4.74 Å². The molecular weight excluding hydrogens is 324 g/mol. The molecule has 0 amide bonds. The molecule has 26 heavy (non-hydrogen) atoms. The van der Waals surface area contributed by atoms with Crippen LogP contribution in [-0.2, 0) is 0 Å². The standard InChI is InChI=1S/C21H34N4O/c1-4-22-21(25-13-11-18(16-25)24(5-2)6-3)23-15-17-12-14-26-20-10-8-7-9-19(17)20/h7-10,17-18H,4-6,11-16H2,1-3H3,(H,22,23). The summed E-state index contributed by atoms with van der Waals surface area (Å²) in [6.07, 6.45) is 2.27. The maximum atomic E-state index is 5.79. The third-order valence-electron chi connectivity index (χ3n) is 5.67. The lowest BCUT2D eigenvalue weighted by atomic mass is 9.93. The fourth-order valence-electron chi connectivity index (χ4n) is 4.20. The van der Waals surface area contributed by atoms with Gasteiger partial charge in [-0.25, -0.2) is 0 Å². The molecule has 3 rings (SSSR count). The molecule has 2 unspecified atom stereocenters. The number of nitrogens with zero attached hydrogens (tertiary/aromatic N) is 3. The van der Waals surface area contributed by atoms with Gasteiger partial charge in [0.25, 0.3) is 0 Å². The molecule has 5 nitrogen and oxygen atoms in total. The van der Waals surface area contributed by atoms with E-state index in [0.29, 0.717) is 12.0 Å². The van der Waals surface area contributed by atoms with Crippen LogP contribution in [-0.4, -0.2) is 67.7 Å². The number of likely N-dealkylation sites (N-methyl/N-ethyl adjacent to an activating group) is 1. The summed E-state index contributed by atoms with van der Waals surface area (Å²) in [7, 11) is 0. The molecule has 0 spiro atoms. The van der Waals surface area contributed by atoms with Crippen LogP contribution < -0.4 is 10.1 Å². The van der Waals surface area contributed by atoms with Crippen LogP contribution in [0.5, 0.6) is 5.75 Å². The Kier molecular flexibility index (Phi) is 6.78. The van der Waals surface area contributed by atoms with Gasteiger partial charge in [-0.05, 0) is 44.5 Å². The average molecular weight is 359 g/mol. The van der Waals surface area contributed by atoms with Crippen LogP contribution in [0.3, 0.4) is 0 Å². The third-order valence-corrected chi connectivity index (χ3v) is 5.67. The highest BCUT2D eigenvalue weighted by molar-refractivity contribution is 5.80. The molecule has 0 aromatic heterocycles. The van der Waals surface area contributed by atoms with E-state index < -0.39 is 0 Å². The second-order valence-corrected chi connectivity index (χ2v) is 7.18. The summed E-state index contributed by atoms with van der Waals surface area (Å²) >= 11 is 0. The first-order valence-electron chi connectivity index (χ1n) is 10.3. The predicted octanol–water partition coefficient (Wildman–Crippen LogP) is 2.93. The highest BCUT2D eigenvalue weighted by Crippen LogP contribution is 2.33. The minimum Gasteiger partial charge on any atom is -0.493 e. The highest BCUT2D eigenvalue weighted by Gasteiger charge is 2.28. The van der Waals surface area contributed by atoms with Crippen molar-refractivity contribution in [2.75, 3.05) is 45.9 Å². The molecule has 1 aromatic carbocycles. The number of para-hydroxylation sites is 1. The minimum atomic E-state index is 0.454. The van der Waals surface area contributed by atoms with Crippen molar-refractivity contribution in [3.63, 3.8) is 0 Å². The van der Waals surface area contributed by atoms with Gasteiger partial charge in [0.05, 0.1) is 6.61 Å². The van der Waals surface area contributed by atoms with Gasteiger partial charge >= 0.3 is 0 Å². The Bertz CT molecular complexity index is 599. The normalized spacial score (nSPS) is 23.1. The molecule has 0 radical (unpaired) electrons. The SMILES string of the molecule is CCNC(=NCC1CCOc2ccccc21)N1CCC(N(CC)CC)C1. The number of hydrogen-bond donors (Lipinski definition) is 1. The molecule has 2 aliphatic rings. The van der Waals surface area contributed by atoms with Crippen molar-refractivity contribution in [3.8, 4) is 5.75 Å². The number of guanidine groups is 1. The number of benzene rings is 1. The quantitative estimate of drug-likeness (QED) is 0.627. The van der Waals surface area contributed by atoms with Gasteiger partial charge in [-0.3, -0.25) is 9.89 Å². The van der Waals surface area contributed by atoms with Gasteiger partial charge in [0, 0.05) is 38.1 Å². The summed E-state index contributed by atoms with van der Waals surface area (Å²) < 4.78 is 5.79. The Labute approximate surface area is 158 Å². The number of likely N-dealkylation sites (tertiary alicyclic amines) is 1. The second kappa shape index (κ2) is 9.26. The first-order valence-corrected chi connectivity index (χ1v) is 10.3. The Morgan fingerprint density at radius 1 is 1.23 bits per heavy atom. The number of ether oxygens (including phenoxy) is 1. The lowest BCUT2D eigenvalue weighted by Crippen LogP contribution is -2.43. The minimum absolute atomic E-state index is 0.454. The Balaban J connectivity index is 1.67. The number of nitrogens with one attached hydrogen (secondary N) is 1. The largest absolute Gasteiger partial charge is 0.493 e. The average Bonchev–Trinajstić information content (AvgIpc) is 3.16. The zero-order valence-electron chi connectivity index (χ0n) is 16.6. The maximum absolute atomic E-state index is 5.79. The lowest BCUT2D eigenvalue weighted by molar-refractivity contribution is 0.223. The van der Waals surface area contributed by atoms with Crippen molar-refractivity contribution in [1.82, 2.24) is 15.1 Å². The van der Waals surface area contributed by atoms with Gasteiger partial charge in [0.1, 0.15) is 5.75 Å². The van der Waals surface area contributed by atoms with Crippen LogP contribution in [0.15, 0.2) is 29.3 Å². The summed E-state index contributed by atoms with van der Waals surface area (Å²) in [5.41, 5.74) is 1.31. The monoisotopic (exact) mass is 358 g/mol. The van der Waals surface area contributed by atoms with E-state index in [0.717, 1.165) is 64.0 Å². The van der Waals surface area contributed by atoms with Crippen LogP contribution in [0, 0.1) is 0 Å². The molecule has 0 bridgehead atoms. The predicted molar refractivity (Wildman–Crippen MR) is 108 cm³/mol. The van der Waals surface area contributed by atoms with Crippen molar-refractivity contribution in [2.24, 2.45) is 4.99 Å². The van der Waals surface area contributed by atoms with E-state index in [1.54, 1.807) is 0 Å². The first-order chi connectivity index (χ1) is 12.8. The number of fused-ring (bicyclic) bond motifs is 1. The lowest BCUT2D eigenvalue weighted by Gasteiger charge is -2.28. The van der Waals surface area contributed by atoms with Gasteiger partial charge in [0.2, 0.25) is 0 Å². The van der Waals surface area contributed by atoms with Gasteiger partial charge in [-0.1, -0.05) is 32.0 Å². The summed E-state index contributed by atoms with van der Waals surface area (Å²) in [6.45, 7) is 13.6. The molecule has 0 aliphatic carbocycles. The molecule has 1 saturated heterocycles. The van der Waals surface area contributed by atoms with Gasteiger partial charge in [-0.2, -0.15) is 0 Å². The third kappa shape index (κ3) is 4.32. The van der Waals surface area contributed by atoms with E-state index >= 15 is 0 Å². The Hall–Kier alpha value is -1.75. The van der Waals surface area contributed by atoms with Gasteiger partial charge in [-0.15, -0.1) is 0 Å². The fraction of sp³-hybridized carbons (Fsp3) is 0.667. The molecule has 1 N–H and O–H groups in total. The molecule has 144 valence electrons. The molecule has 2 atom stereocenters. The van der Waals surface area contributed by atoms with Crippen molar-refractivity contribution in [3.05, 3.63) is 29.8 Å². The van der Waals surface area contributed by atoms with Crippen molar-refractivity contribution in [2.45, 2.75) is 45.6 Å². The van der Waals surface area contributed by atoms with Gasteiger partial charge < -0.3 is 15.0 Å². The fourth-order valence-corrected chi connectivity index (χ4v) is 4.20. The molecule has 0 saturated carbocycles. The van der Waals surface area contributed by atoms with Crippen LogP contribution >= 0.6 is 0 Å².